The Morgan fingerprint density at radius 2 is 1.97 bits per heavy atom. The second kappa shape index (κ2) is 8.43. The van der Waals surface area contributed by atoms with Crippen molar-refractivity contribution in [3.05, 3.63) is 42.5 Å². The quantitative estimate of drug-likeness (QED) is 0.243. The van der Waals surface area contributed by atoms with E-state index in [4.69, 9.17) is 10.5 Å². The molecule has 1 aliphatic heterocycles. The summed E-state index contributed by atoms with van der Waals surface area (Å²) in [7, 11) is 1.57. The van der Waals surface area contributed by atoms with Crippen LogP contribution in [-0.4, -0.2) is 77.7 Å². The van der Waals surface area contributed by atoms with Crippen LogP contribution < -0.4 is 11.2 Å². The van der Waals surface area contributed by atoms with Gasteiger partial charge >= 0.3 is 0 Å². The molecule has 1 aromatic carbocycles. The monoisotopic (exact) mass is 429 g/mol. The number of anilines is 2. The molecule has 0 radical (unpaired) electrons. The molecule has 164 valence electrons. The van der Waals surface area contributed by atoms with Gasteiger partial charge in [-0.25, -0.2) is 15.0 Å². The first-order valence-electron chi connectivity index (χ1n) is 9.56. The highest BCUT2D eigenvalue weighted by Gasteiger charge is 2.44. The van der Waals surface area contributed by atoms with E-state index in [0.29, 0.717) is 16.9 Å². The van der Waals surface area contributed by atoms with Gasteiger partial charge in [-0.15, -0.1) is 0 Å². The lowest BCUT2D eigenvalue weighted by atomic mass is 10.1. The van der Waals surface area contributed by atoms with Crippen LogP contribution in [-0.2, 0) is 16.0 Å². The smallest absolute Gasteiger partial charge is 0.245 e. The van der Waals surface area contributed by atoms with Crippen molar-refractivity contribution in [1.29, 1.82) is 0 Å². The number of hydrogen-bond donors (Lipinski definition) is 5. The van der Waals surface area contributed by atoms with E-state index in [1.165, 1.54) is 22.2 Å². The van der Waals surface area contributed by atoms with Crippen LogP contribution in [0.5, 0.6) is 0 Å². The van der Waals surface area contributed by atoms with Crippen LogP contribution >= 0.6 is 0 Å². The Morgan fingerprint density at radius 1 is 1.23 bits per heavy atom. The summed E-state index contributed by atoms with van der Waals surface area (Å²) in [6.07, 6.45) is -1.59. The van der Waals surface area contributed by atoms with Crippen molar-refractivity contribution < 1.29 is 24.9 Å². The molecule has 4 atom stereocenters. The van der Waals surface area contributed by atoms with Crippen molar-refractivity contribution in [2.24, 2.45) is 0 Å². The molecule has 4 rings (SSSR count). The zero-order valence-electron chi connectivity index (χ0n) is 16.7. The summed E-state index contributed by atoms with van der Waals surface area (Å²) < 4.78 is 6.99. The van der Waals surface area contributed by atoms with Crippen LogP contribution in [0.15, 0.2) is 36.9 Å². The van der Waals surface area contributed by atoms with Crippen LogP contribution in [0, 0.1) is 0 Å². The average molecular weight is 429 g/mol. The normalized spacial score (nSPS) is 23.2. The van der Waals surface area contributed by atoms with E-state index >= 15 is 0 Å². The zero-order valence-corrected chi connectivity index (χ0v) is 16.7. The number of carbonyl (C=O) groups excluding carboxylic acids is 1. The van der Waals surface area contributed by atoms with Crippen LogP contribution in [0.25, 0.3) is 11.2 Å². The fourth-order valence-electron chi connectivity index (χ4n) is 3.38. The van der Waals surface area contributed by atoms with Gasteiger partial charge in [-0.05, 0) is 17.7 Å². The molecule has 1 saturated heterocycles. The van der Waals surface area contributed by atoms with Crippen molar-refractivity contribution in [1.82, 2.24) is 24.5 Å². The van der Waals surface area contributed by atoms with Gasteiger partial charge in [-0.1, -0.05) is 12.1 Å². The summed E-state index contributed by atoms with van der Waals surface area (Å²) in [6, 6.07) is 7.03. The third-order valence-corrected chi connectivity index (χ3v) is 5.13. The summed E-state index contributed by atoms with van der Waals surface area (Å²) in [5.74, 6) is 0.0723. The first kappa shape index (κ1) is 20.9. The fourth-order valence-corrected chi connectivity index (χ4v) is 3.38. The number of benzene rings is 1. The molecule has 12 heteroatoms. The first-order valence-corrected chi connectivity index (χ1v) is 9.56. The highest BCUT2D eigenvalue weighted by molar-refractivity contribution is 5.85. The number of likely N-dealkylation sites (N-methyl/N-ethyl adjacent to an activating group) is 1. The largest absolute Gasteiger partial charge is 0.399 e. The number of ether oxygens (including phenoxy) is 1. The number of fused-ring (bicyclic) bond motifs is 1. The minimum Gasteiger partial charge on any atom is -0.399 e. The number of amides is 1. The summed E-state index contributed by atoms with van der Waals surface area (Å²) >= 11 is 0. The summed E-state index contributed by atoms with van der Waals surface area (Å²) in [5.41, 5.74) is 10.7. The predicted molar refractivity (Wildman–Crippen MR) is 109 cm³/mol. The van der Waals surface area contributed by atoms with Crippen LogP contribution in [0.1, 0.15) is 11.8 Å². The molecule has 0 aliphatic carbocycles. The highest BCUT2D eigenvalue weighted by atomic mass is 16.6. The molecule has 1 fully saturated rings. The molecule has 0 bridgehead atoms. The van der Waals surface area contributed by atoms with Gasteiger partial charge in [-0.3, -0.25) is 19.8 Å². The lowest BCUT2D eigenvalue weighted by Crippen LogP contribution is -2.34. The number of aliphatic hydroxyl groups is 3. The molecule has 31 heavy (non-hydrogen) atoms. The number of hydrazine groups is 1. The first-order chi connectivity index (χ1) is 14.9. The molecule has 0 spiro atoms. The van der Waals surface area contributed by atoms with Gasteiger partial charge in [0.1, 0.15) is 24.6 Å². The van der Waals surface area contributed by atoms with Crippen LogP contribution in [0.3, 0.4) is 0 Å². The number of imidazole rings is 1. The average Bonchev–Trinajstić information content (AvgIpc) is 3.31. The Bertz CT molecular complexity index is 1070. The minimum atomic E-state index is -1.27. The molecular formula is C19H23N7O5. The molecule has 1 amide bonds. The van der Waals surface area contributed by atoms with Crippen molar-refractivity contribution in [2.45, 2.75) is 31.0 Å². The second-order valence-corrected chi connectivity index (χ2v) is 7.26. The number of rotatable bonds is 6. The Labute approximate surface area is 176 Å². The van der Waals surface area contributed by atoms with Gasteiger partial charge in [0, 0.05) is 12.7 Å². The third kappa shape index (κ3) is 4.01. The molecule has 2 aromatic heterocycles. The topological polar surface area (TPSA) is 172 Å². The SMILES string of the molecule is CN(Nc1ncnc2c1ncn2[C@@H]1O[C@H](CO)C(O)C1O)C(=O)Cc1ccc(N)cc1. The minimum absolute atomic E-state index is 0.162. The molecule has 1 aliphatic rings. The molecule has 2 unspecified atom stereocenters. The van der Waals surface area contributed by atoms with Crippen molar-refractivity contribution >= 4 is 28.6 Å². The Morgan fingerprint density at radius 3 is 2.65 bits per heavy atom. The number of aliphatic hydroxyl groups excluding tert-OH is 3. The number of nitrogens with two attached hydrogens (primary N) is 1. The summed E-state index contributed by atoms with van der Waals surface area (Å²) in [6.45, 7) is -0.440. The van der Waals surface area contributed by atoms with Gasteiger partial charge in [0.2, 0.25) is 5.91 Å². The lowest BCUT2D eigenvalue weighted by molar-refractivity contribution is -0.128. The second-order valence-electron chi connectivity index (χ2n) is 7.26. The molecule has 12 nitrogen and oxygen atoms in total. The third-order valence-electron chi connectivity index (χ3n) is 5.13. The van der Waals surface area contributed by atoms with E-state index in [1.807, 2.05) is 0 Å². The number of nitrogens with zero attached hydrogens (tertiary/aromatic N) is 5. The van der Waals surface area contributed by atoms with Gasteiger partial charge in [0.25, 0.3) is 0 Å². The number of nitrogens with one attached hydrogen (secondary N) is 1. The van der Waals surface area contributed by atoms with Crippen molar-refractivity contribution in [2.75, 3.05) is 24.8 Å². The Hall–Kier alpha value is -3.32. The summed E-state index contributed by atoms with van der Waals surface area (Å²) in [5, 5.41) is 30.9. The number of carbonyl (C=O) groups is 1. The van der Waals surface area contributed by atoms with Crippen molar-refractivity contribution in [3.8, 4) is 0 Å². The van der Waals surface area contributed by atoms with Gasteiger partial charge in [-0.2, -0.15) is 0 Å². The molecule has 6 N–H and O–H groups in total. The number of hydrogen-bond acceptors (Lipinski definition) is 10. The molecular weight excluding hydrogens is 406 g/mol. The maximum atomic E-state index is 12.6. The van der Waals surface area contributed by atoms with E-state index in [0.717, 1.165) is 5.56 Å². The van der Waals surface area contributed by atoms with Crippen LogP contribution in [0.4, 0.5) is 11.5 Å². The summed E-state index contributed by atoms with van der Waals surface area (Å²) in [4.78, 5) is 25.2. The zero-order chi connectivity index (χ0) is 22.1. The maximum Gasteiger partial charge on any atom is 0.245 e. The van der Waals surface area contributed by atoms with E-state index < -0.39 is 31.1 Å². The molecule has 3 heterocycles. The van der Waals surface area contributed by atoms with Crippen molar-refractivity contribution in [3.63, 3.8) is 0 Å². The fraction of sp³-hybridized carbons (Fsp3) is 0.368. The van der Waals surface area contributed by atoms with Crippen LogP contribution in [0.2, 0.25) is 0 Å². The van der Waals surface area contributed by atoms with Gasteiger partial charge < -0.3 is 25.8 Å². The van der Waals surface area contributed by atoms with E-state index in [9.17, 15) is 20.1 Å². The Balaban J connectivity index is 1.53. The molecule has 0 saturated carbocycles. The standard InChI is InChI=1S/C19H23N7O5/c1-25(13(28)6-10-2-4-11(20)5-3-10)24-17-14-18(22-8-21-17)26(9-23-14)19-16(30)15(29)12(7-27)31-19/h2-5,8-9,12,15-16,19,27,29-30H,6-7,20H2,1H3,(H,21,22,24)/t12-,15?,16?,19-/m1/s1. The predicted octanol–water partition coefficient (Wildman–Crippen LogP) is -0.952. The van der Waals surface area contributed by atoms with Gasteiger partial charge in [0.05, 0.1) is 19.4 Å². The molecule has 3 aromatic rings. The van der Waals surface area contributed by atoms with E-state index in [1.54, 1.807) is 31.3 Å². The van der Waals surface area contributed by atoms with Gasteiger partial charge in [0.15, 0.2) is 23.2 Å². The highest BCUT2D eigenvalue weighted by Crippen LogP contribution is 2.32. The van der Waals surface area contributed by atoms with E-state index in [2.05, 4.69) is 20.4 Å². The maximum absolute atomic E-state index is 12.6. The number of aromatic nitrogens is 4. The van der Waals surface area contributed by atoms with E-state index in [-0.39, 0.29) is 18.1 Å². The lowest BCUT2D eigenvalue weighted by Gasteiger charge is -2.19. The Kier molecular flexibility index (Phi) is 5.69. The number of nitrogen functional groups attached to an aromatic ring is 1.